The van der Waals surface area contributed by atoms with Gasteiger partial charge in [0.05, 0.1) is 7.11 Å². The summed E-state index contributed by atoms with van der Waals surface area (Å²) in [7, 11) is 1.68. The van der Waals surface area contributed by atoms with E-state index < -0.39 is 5.97 Å². The number of carboxylic acids is 1. The molecule has 1 aliphatic rings. The molecule has 0 aliphatic carbocycles. The SMILES string of the molecule is COc1ccccc1CCCN1CCC[C@@H]1C(=O)O. The van der Waals surface area contributed by atoms with Gasteiger partial charge in [0.15, 0.2) is 0 Å². The van der Waals surface area contributed by atoms with Gasteiger partial charge in [-0.3, -0.25) is 9.69 Å². The molecule has 0 bridgehead atoms. The van der Waals surface area contributed by atoms with E-state index in [9.17, 15) is 4.79 Å². The standard InChI is InChI=1S/C15H21NO3/c1-19-14-9-3-2-6-12(14)7-4-10-16-11-5-8-13(16)15(17)18/h2-3,6,9,13H,4-5,7-8,10-11H2,1H3,(H,17,18)/t13-/m1/s1. The third-order valence-corrected chi connectivity index (χ3v) is 3.73. The molecule has 0 radical (unpaired) electrons. The summed E-state index contributed by atoms with van der Waals surface area (Å²) in [5, 5.41) is 9.12. The molecule has 1 fully saturated rings. The summed E-state index contributed by atoms with van der Waals surface area (Å²) in [6, 6.07) is 7.72. The molecule has 1 aromatic carbocycles. The molecule has 2 rings (SSSR count). The Bertz CT molecular complexity index is 433. The number of carboxylic acid groups (broad SMARTS) is 1. The van der Waals surface area contributed by atoms with E-state index in [0.29, 0.717) is 0 Å². The molecule has 1 heterocycles. The monoisotopic (exact) mass is 263 g/mol. The molecule has 0 saturated carbocycles. The number of rotatable bonds is 6. The van der Waals surface area contributed by atoms with Crippen molar-refractivity contribution in [3.8, 4) is 5.75 Å². The smallest absolute Gasteiger partial charge is 0.320 e. The van der Waals surface area contributed by atoms with Crippen molar-refractivity contribution in [3.63, 3.8) is 0 Å². The largest absolute Gasteiger partial charge is 0.496 e. The Labute approximate surface area is 114 Å². The van der Waals surface area contributed by atoms with E-state index in [-0.39, 0.29) is 6.04 Å². The maximum absolute atomic E-state index is 11.1. The highest BCUT2D eigenvalue weighted by molar-refractivity contribution is 5.73. The first-order valence-corrected chi connectivity index (χ1v) is 6.81. The lowest BCUT2D eigenvalue weighted by Crippen LogP contribution is -2.36. The van der Waals surface area contributed by atoms with Gasteiger partial charge in [0.1, 0.15) is 11.8 Å². The summed E-state index contributed by atoms with van der Waals surface area (Å²) in [6.45, 7) is 1.75. The zero-order valence-electron chi connectivity index (χ0n) is 11.3. The highest BCUT2D eigenvalue weighted by Gasteiger charge is 2.29. The molecular formula is C15H21NO3. The molecule has 0 spiro atoms. The summed E-state index contributed by atoms with van der Waals surface area (Å²) in [5.74, 6) is 0.230. The summed E-state index contributed by atoms with van der Waals surface area (Å²) < 4.78 is 5.32. The molecule has 1 aliphatic heterocycles. The number of benzene rings is 1. The van der Waals surface area contributed by atoms with E-state index in [1.807, 2.05) is 18.2 Å². The lowest BCUT2D eigenvalue weighted by Gasteiger charge is -2.20. The predicted molar refractivity (Wildman–Crippen MR) is 73.5 cm³/mol. The fourth-order valence-corrected chi connectivity index (χ4v) is 2.76. The van der Waals surface area contributed by atoms with Crippen LogP contribution >= 0.6 is 0 Å². The molecule has 0 unspecified atom stereocenters. The van der Waals surface area contributed by atoms with Crippen molar-refractivity contribution in [1.29, 1.82) is 0 Å². The first-order valence-electron chi connectivity index (χ1n) is 6.81. The summed E-state index contributed by atoms with van der Waals surface area (Å²) in [5.41, 5.74) is 1.19. The third-order valence-electron chi connectivity index (χ3n) is 3.73. The van der Waals surface area contributed by atoms with E-state index in [0.717, 1.165) is 44.5 Å². The average molecular weight is 263 g/mol. The fraction of sp³-hybridized carbons (Fsp3) is 0.533. The Morgan fingerprint density at radius 1 is 1.47 bits per heavy atom. The van der Waals surface area contributed by atoms with Crippen molar-refractivity contribution in [2.24, 2.45) is 0 Å². The van der Waals surface area contributed by atoms with Gasteiger partial charge in [-0.05, 0) is 50.4 Å². The number of aliphatic carboxylic acids is 1. The number of para-hydroxylation sites is 1. The summed E-state index contributed by atoms with van der Waals surface area (Å²) >= 11 is 0. The normalized spacial score (nSPS) is 19.5. The maximum Gasteiger partial charge on any atom is 0.320 e. The summed E-state index contributed by atoms with van der Waals surface area (Å²) in [4.78, 5) is 13.2. The van der Waals surface area contributed by atoms with E-state index in [1.54, 1.807) is 7.11 Å². The maximum atomic E-state index is 11.1. The molecule has 1 atom stereocenters. The first kappa shape index (κ1) is 13.9. The zero-order chi connectivity index (χ0) is 13.7. The number of hydrogen-bond donors (Lipinski definition) is 1. The first-order chi connectivity index (χ1) is 9.22. The fourth-order valence-electron chi connectivity index (χ4n) is 2.76. The van der Waals surface area contributed by atoms with Crippen LogP contribution in [0.1, 0.15) is 24.8 Å². The number of ether oxygens (including phenoxy) is 1. The van der Waals surface area contributed by atoms with Crippen LogP contribution in [0.15, 0.2) is 24.3 Å². The van der Waals surface area contributed by atoms with Crippen molar-refractivity contribution in [2.75, 3.05) is 20.2 Å². The number of nitrogens with zero attached hydrogens (tertiary/aromatic N) is 1. The molecule has 1 aromatic rings. The van der Waals surface area contributed by atoms with Crippen LogP contribution in [0.4, 0.5) is 0 Å². The molecular weight excluding hydrogens is 242 g/mol. The Morgan fingerprint density at radius 2 is 2.26 bits per heavy atom. The van der Waals surface area contributed by atoms with Gasteiger partial charge in [-0.15, -0.1) is 0 Å². The molecule has 1 saturated heterocycles. The Balaban J connectivity index is 1.85. The Morgan fingerprint density at radius 3 is 3.00 bits per heavy atom. The van der Waals surface area contributed by atoms with Crippen LogP contribution in [0.2, 0.25) is 0 Å². The average Bonchev–Trinajstić information content (AvgIpc) is 2.88. The van der Waals surface area contributed by atoms with Crippen molar-refractivity contribution in [1.82, 2.24) is 4.90 Å². The van der Waals surface area contributed by atoms with Crippen LogP contribution in [-0.4, -0.2) is 42.2 Å². The number of hydrogen-bond acceptors (Lipinski definition) is 3. The molecule has 1 N–H and O–H groups in total. The van der Waals surface area contributed by atoms with Gasteiger partial charge in [-0.1, -0.05) is 18.2 Å². The Hall–Kier alpha value is -1.55. The minimum absolute atomic E-state index is 0.280. The minimum atomic E-state index is -0.685. The predicted octanol–water partition coefficient (Wildman–Crippen LogP) is 2.18. The molecule has 19 heavy (non-hydrogen) atoms. The van der Waals surface area contributed by atoms with E-state index in [2.05, 4.69) is 11.0 Å². The molecule has 4 nitrogen and oxygen atoms in total. The number of likely N-dealkylation sites (tertiary alicyclic amines) is 1. The number of carbonyl (C=O) groups is 1. The van der Waals surface area contributed by atoms with Gasteiger partial charge in [0.2, 0.25) is 0 Å². The number of aryl methyl sites for hydroxylation is 1. The second kappa shape index (κ2) is 6.57. The summed E-state index contributed by atoms with van der Waals surface area (Å²) in [6.07, 6.45) is 3.66. The molecule has 104 valence electrons. The van der Waals surface area contributed by atoms with Crippen LogP contribution in [0.3, 0.4) is 0 Å². The minimum Gasteiger partial charge on any atom is -0.496 e. The van der Waals surface area contributed by atoms with Gasteiger partial charge in [0, 0.05) is 0 Å². The van der Waals surface area contributed by atoms with Crippen molar-refractivity contribution < 1.29 is 14.6 Å². The highest BCUT2D eigenvalue weighted by Crippen LogP contribution is 2.21. The molecule has 0 amide bonds. The lowest BCUT2D eigenvalue weighted by atomic mass is 10.1. The van der Waals surface area contributed by atoms with E-state index in [4.69, 9.17) is 9.84 Å². The van der Waals surface area contributed by atoms with Gasteiger partial charge in [-0.2, -0.15) is 0 Å². The van der Waals surface area contributed by atoms with Crippen LogP contribution in [0, 0.1) is 0 Å². The van der Waals surface area contributed by atoms with Gasteiger partial charge < -0.3 is 9.84 Å². The van der Waals surface area contributed by atoms with Crippen molar-refractivity contribution in [2.45, 2.75) is 31.7 Å². The van der Waals surface area contributed by atoms with Crippen LogP contribution in [0.25, 0.3) is 0 Å². The van der Waals surface area contributed by atoms with Crippen LogP contribution < -0.4 is 4.74 Å². The highest BCUT2D eigenvalue weighted by atomic mass is 16.5. The molecule has 0 aromatic heterocycles. The topological polar surface area (TPSA) is 49.8 Å². The van der Waals surface area contributed by atoms with Gasteiger partial charge >= 0.3 is 5.97 Å². The third kappa shape index (κ3) is 3.47. The Kier molecular flexibility index (Phi) is 4.80. The number of methoxy groups -OCH3 is 1. The van der Waals surface area contributed by atoms with Crippen LogP contribution in [0.5, 0.6) is 5.75 Å². The van der Waals surface area contributed by atoms with Crippen LogP contribution in [-0.2, 0) is 11.2 Å². The van der Waals surface area contributed by atoms with E-state index in [1.165, 1.54) is 5.56 Å². The van der Waals surface area contributed by atoms with Gasteiger partial charge in [-0.25, -0.2) is 0 Å². The second-order valence-corrected chi connectivity index (χ2v) is 4.95. The zero-order valence-corrected chi connectivity index (χ0v) is 11.3. The van der Waals surface area contributed by atoms with E-state index >= 15 is 0 Å². The lowest BCUT2D eigenvalue weighted by molar-refractivity contribution is -0.142. The van der Waals surface area contributed by atoms with Gasteiger partial charge in [0.25, 0.3) is 0 Å². The molecule has 4 heteroatoms. The second-order valence-electron chi connectivity index (χ2n) is 4.95. The van der Waals surface area contributed by atoms with Crippen molar-refractivity contribution in [3.05, 3.63) is 29.8 Å². The quantitative estimate of drug-likeness (QED) is 0.854. The van der Waals surface area contributed by atoms with Crippen molar-refractivity contribution >= 4 is 5.97 Å².